The van der Waals surface area contributed by atoms with Crippen molar-refractivity contribution in [2.24, 2.45) is 0 Å². The summed E-state index contributed by atoms with van der Waals surface area (Å²) in [6.45, 7) is -0.529. The van der Waals surface area contributed by atoms with Crippen LogP contribution in [0.1, 0.15) is 5.56 Å². The van der Waals surface area contributed by atoms with Crippen LogP contribution in [0.15, 0.2) is 24.3 Å². The Labute approximate surface area is 110 Å². The number of aliphatic carboxylic acids is 1. The molecule has 0 aliphatic heterocycles. The predicted octanol–water partition coefficient (Wildman–Crippen LogP) is -0.417. The summed E-state index contributed by atoms with van der Waals surface area (Å²) in [6.07, 6.45) is 2.71. The molecule has 0 spiro atoms. The van der Waals surface area contributed by atoms with Gasteiger partial charge >= 0.3 is 0 Å². The highest BCUT2D eigenvalue weighted by Crippen LogP contribution is 2.31. The molecule has 1 aromatic rings. The van der Waals surface area contributed by atoms with Crippen molar-refractivity contribution in [2.45, 2.75) is 0 Å². The summed E-state index contributed by atoms with van der Waals surface area (Å²) in [6, 6.07) is 5.22. The van der Waals surface area contributed by atoms with Crippen LogP contribution >= 0.6 is 0 Å². The van der Waals surface area contributed by atoms with E-state index in [9.17, 15) is 14.7 Å². The molecular formula is C13H14NO5-. The molecule has 0 atom stereocenters. The summed E-state index contributed by atoms with van der Waals surface area (Å²) in [5.41, 5.74) is 0.644. The van der Waals surface area contributed by atoms with Crippen molar-refractivity contribution in [1.29, 1.82) is 0 Å². The number of para-hydroxylation sites is 1. The molecule has 1 rings (SSSR count). The first-order chi connectivity index (χ1) is 9.08. The van der Waals surface area contributed by atoms with Gasteiger partial charge in [-0.15, -0.1) is 0 Å². The van der Waals surface area contributed by atoms with Crippen LogP contribution in [0.5, 0.6) is 11.5 Å². The summed E-state index contributed by atoms with van der Waals surface area (Å²) >= 11 is 0. The third kappa shape index (κ3) is 4.34. The molecule has 0 aliphatic carbocycles. The van der Waals surface area contributed by atoms with Gasteiger partial charge in [0, 0.05) is 11.6 Å². The number of methoxy groups -OCH3 is 2. The van der Waals surface area contributed by atoms with Crippen molar-refractivity contribution in [3.8, 4) is 11.5 Å². The zero-order valence-corrected chi connectivity index (χ0v) is 10.6. The second-order valence-corrected chi connectivity index (χ2v) is 3.51. The molecule has 19 heavy (non-hydrogen) atoms. The molecule has 0 bridgehead atoms. The van der Waals surface area contributed by atoms with Crippen LogP contribution in [0.25, 0.3) is 6.08 Å². The maximum Gasteiger partial charge on any atom is 0.244 e. The standard InChI is InChI=1S/C13H15NO5/c1-18-10-5-3-4-9(13(10)19-2)6-7-11(15)14-8-12(16)17/h3-7H,8H2,1-2H3,(H,14,15)(H,16,17)/p-1/b7-6+. The maximum absolute atomic E-state index is 11.3. The van der Waals surface area contributed by atoms with E-state index >= 15 is 0 Å². The van der Waals surface area contributed by atoms with Gasteiger partial charge in [-0.3, -0.25) is 4.79 Å². The smallest absolute Gasteiger partial charge is 0.244 e. The molecule has 1 N–H and O–H groups in total. The molecule has 102 valence electrons. The van der Waals surface area contributed by atoms with Gasteiger partial charge in [-0.05, 0) is 12.1 Å². The lowest BCUT2D eigenvalue weighted by molar-refractivity contribution is -0.303. The van der Waals surface area contributed by atoms with Crippen LogP contribution in [-0.4, -0.2) is 32.6 Å². The van der Waals surface area contributed by atoms with Crippen LogP contribution in [0, 0.1) is 0 Å². The first-order valence-electron chi connectivity index (χ1n) is 5.45. The number of carboxylic acids is 1. The zero-order chi connectivity index (χ0) is 14.3. The minimum absolute atomic E-state index is 0.494. The predicted molar refractivity (Wildman–Crippen MR) is 66.6 cm³/mol. The lowest BCUT2D eigenvalue weighted by Crippen LogP contribution is -2.36. The quantitative estimate of drug-likeness (QED) is 0.705. The Kier molecular flexibility index (Phi) is 5.40. The lowest BCUT2D eigenvalue weighted by Gasteiger charge is -2.09. The normalized spacial score (nSPS) is 10.2. The monoisotopic (exact) mass is 264 g/mol. The molecule has 6 nitrogen and oxygen atoms in total. The molecule has 6 heteroatoms. The van der Waals surface area contributed by atoms with Crippen LogP contribution in [0.3, 0.4) is 0 Å². The topological polar surface area (TPSA) is 87.7 Å². The van der Waals surface area contributed by atoms with Gasteiger partial charge in [0.1, 0.15) is 0 Å². The van der Waals surface area contributed by atoms with E-state index in [1.54, 1.807) is 18.2 Å². The number of rotatable bonds is 6. The largest absolute Gasteiger partial charge is 0.548 e. The second kappa shape index (κ2) is 7.05. The van der Waals surface area contributed by atoms with E-state index in [-0.39, 0.29) is 0 Å². The van der Waals surface area contributed by atoms with Gasteiger partial charge in [-0.25, -0.2) is 0 Å². The van der Waals surface area contributed by atoms with E-state index in [0.717, 1.165) is 0 Å². The summed E-state index contributed by atoms with van der Waals surface area (Å²) < 4.78 is 10.3. The molecule has 0 aliphatic rings. The molecule has 0 saturated carbocycles. The molecule has 1 aromatic carbocycles. The number of carbonyl (C=O) groups excluding carboxylic acids is 2. The van der Waals surface area contributed by atoms with Crippen LogP contribution < -0.4 is 19.9 Å². The third-order valence-corrected chi connectivity index (χ3v) is 2.25. The van der Waals surface area contributed by atoms with Gasteiger partial charge in [-0.1, -0.05) is 12.1 Å². The van der Waals surface area contributed by atoms with Crippen molar-refractivity contribution < 1.29 is 24.2 Å². The Morgan fingerprint density at radius 1 is 1.32 bits per heavy atom. The van der Waals surface area contributed by atoms with E-state index in [2.05, 4.69) is 5.32 Å². The van der Waals surface area contributed by atoms with Gasteiger partial charge in [0.25, 0.3) is 0 Å². The van der Waals surface area contributed by atoms with Crippen molar-refractivity contribution >= 4 is 18.0 Å². The fraction of sp³-hybridized carbons (Fsp3) is 0.231. The fourth-order valence-corrected chi connectivity index (χ4v) is 1.43. The number of hydrogen-bond acceptors (Lipinski definition) is 5. The van der Waals surface area contributed by atoms with Crippen LogP contribution in [0.4, 0.5) is 0 Å². The number of ether oxygens (including phenoxy) is 2. The Balaban J connectivity index is 2.81. The molecule has 0 radical (unpaired) electrons. The highest BCUT2D eigenvalue weighted by Gasteiger charge is 2.07. The molecule has 0 unspecified atom stereocenters. The molecule has 1 amide bonds. The Morgan fingerprint density at radius 3 is 2.63 bits per heavy atom. The minimum Gasteiger partial charge on any atom is -0.548 e. The molecule has 0 aromatic heterocycles. The molecular weight excluding hydrogens is 250 g/mol. The number of benzene rings is 1. The second-order valence-electron chi connectivity index (χ2n) is 3.51. The van der Waals surface area contributed by atoms with Crippen molar-refractivity contribution in [3.63, 3.8) is 0 Å². The number of hydrogen-bond donors (Lipinski definition) is 1. The Hall–Kier alpha value is -2.50. The van der Waals surface area contributed by atoms with Crippen molar-refractivity contribution in [2.75, 3.05) is 20.8 Å². The number of nitrogens with one attached hydrogen (secondary N) is 1. The molecule has 0 saturated heterocycles. The van der Waals surface area contributed by atoms with Gasteiger partial charge in [-0.2, -0.15) is 0 Å². The van der Waals surface area contributed by atoms with E-state index in [0.29, 0.717) is 17.1 Å². The van der Waals surface area contributed by atoms with Gasteiger partial charge in [0.15, 0.2) is 11.5 Å². The van der Waals surface area contributed by atoms with E-state index < -0.39 is 18.4 Å². The van der Waals surface area contributed by atoms with Crippen molar-refractivity contribution in [3.05, 3.63) is 29.8 Å². The fourth-order valence-electron chi connectivity index (χ4n) is 1.43. The summed E-state index contributed by atoms with van der Waals surface area (Å²) in [4.78, 5) is 21.5. The molecule has 0 fully saturated rings. The summed E-state index contributed by atoms with van der Waals surface area (Å²) in [7, 11) is 3.00. The highest BCUT2D eigenvalue weighted by atomic mass is 16.5. The average Bonchev–Trinajstić information content (AvgIpc) is 2.42. The zero-order valence-electron chi connectivity index (χ0n) is 10.6. The summed E-state index contributed by atoms with van der Waals surface area (Å²) in [5, 5.41) is 12.3. The first kappa shape index (κ1) is 14.6. The first-order valence-corrected chi connectivity index (χ1v) is 5.45. The lowest BCUT2D eigenvalue weighted by atomic mass is 10.1. The SMILES string of the molecule is COc1cccc(/C=C/C(=O)NCC(=O)[O-])c1OC. The molecule has 0 heterocycles. The van der Waals surface area contributed by atoms with Gasteiger partial charge < -0.3 is 24.7 Å². The highest BCUT2D eigenvalue weighted by molar-refractivity contribution is 5.93. The number of carboxylic acid groups (broad SMARTS) is 1. The maximum atomic E-state index is 11.3. The van der Waals surface area contributed by atoms with E-state index in [4.69, 9.17) is 9.47 Å². The number of amides is 1. The minimum atomic E-state index is -1.35. The Morgan fingerprint density at radius 2 is 2.05 bits per heavy atom. The summed E-state index contributed by atoms with van der Waals surface area (Å²) in [5.74, 6) is -0.844. The number of carbonyl (C=O) groups is 2. The van der Waals surface area contributed by atoms with Gasteiger partial charge in [0.05, 0.1) is 26.7 Å². The average molecular weight is 264 g/mol. The van der Waals surface area contributed by atoms with Crippen LogP contribution in [-0.2, 0) is 9.59 Å². The van der Waals surface area contributed by atoms with Crippen LogP contribution in [0.2, 0.25) is 0 Å². The van der Waals surface area contributed by atoms with Gasteiger partial charge in [0.2, 0.25) is 5.91 Å². The van der Waals surface area contributed by atoms with Crippen molar-refractivity contribution in [1.82, 2.24) is 5.32 Å². The van der Waals surface area contributed by atoms with E-state index in [1.165, 1.54) is 26.4 Å². The van der Waals surface area contributed by atoms with E-state index in [1.807, 2.05) is 0 Å². The third-order valence-electron chi connectivity index (χ3n) is 2.25. The Bertz CT molecular complexity index is 496.